The molecule has 3 aromatic rings. The molecular weight excluding hydrogens is 303 g/mol. The van der Waals surface area contributed by atoms with Crippen molar-refractivity contribution in [3.63, 3.8) is 0 Å². The molecule has 0 saturated carbocycles. The summed E-state index contributed by atoms with van der Waals surface area (Å²) in [4.78, 5) is 14.4. The molecule has 7 nitrogen and oxygen atoms in total. The van der Waals surface area contributed by atoms with Crippen LogP contribution < -0.4 is 5.32 Å². The minimum Gasteiger partial charge on any atom is -0.374 e. The SMILES string of the molecule is O=[N+]([O-])c1cccc(-c2noc(CNc3ccccc3F)n2)c1. The van der Waals surface area contributed by atoms with Crippen molar-refractivity contribution in [2.45, 2.75) is 6.54 Å². The highest BCUT2D eigenvalue weighted by molar-refractivity contribution is 5.58. The maximum absolute atomic E-state index is 13.5. The molecule has 0 radical (unpaired) electrons. The van der Waals surface area contributed by atoms with E-state index in [4.69, 9.17) is 4.52 Å². The number of anilines is 1. The van der Waals surface area contributed by atoms with Gasteiger partial charge in [0.05, 0.1) is 17.2 Å². The lowest BCUT2D eigenvalue weighted by atomic mass is 10.2. The van der Waals surface area contributed by atoms with Gasteiger partial charge in [0.1, 0.15) is 5.82 Å². The molecule has 0 bridgehead atoms. The molecule has 0 aliphatic carbocycles. The second-order valence-electron chi connectivity index (χ2n) is 4.65. The zero-order valence-electron chi connectivity index (χ0n) is 11.8. The van der Waals surface area contributed by atoms with Crippen LogP contribution in [0, 0.1) is 15.9 Å². The normalized spacial score (nSPS) is 10.5. The minimum absolute atomic E-state index is 0.0571. The number of nitrogens with zero attached hydrogens (tertiary/aromatic N) is 3. The first-order valence-electron chi connectivity index (χ1n) is 6.69. The Morgan fingerprint density at radius 3 is 2.83 bits per heavy atom. The molecule has 2 aromatic carbocycles. The molecule has 0 spiro atoms. The highest BCUT2D eigenvalue weighted by atomic mass is 19.1. The second-order valence-corrected chi connectivity index (χ2v) is 4.65. The molecule has 8 heteroatoms. The Balaban J connectivity index is 1.74. The lowest BCUT2D eigenvalue weighted by molar-refractivity contribution is -0.384. The van der Waals surface area contributed by atoms with E-state index in [2.05, 4.69) is 15.5 Å². The molecule has 116 valence electrons. The van der Waals surface area contributed by atoms with Crippen molar-refractivity contribution in [1.82, 2.24) is 10.1 Å². The second kappa shape index (κ2) is 6.22. The van der Waals surface area contributed by atoms with Crippen molar-refractivity contribution >= 4 is 11.4 Å². The van der Waals surface area contributed by atoms with E-state index in [1.54, 1.807) is 30.3 Å². The molecular formula is C15H11FN4O3. The fourth-order valence-corrected chi connectivity index (χ4v) is 1.98. The third-order valence-electron chi connectivity index (χ3n) is 3.09. The Labute approximate surface area is 129 Å². The van der Waals surface area contributed by atoms with Gasteiger partial charge in [-0.25, -0.2) is 4.39 Å². The number of benzene rings is 2. The van der Waals surface area contributed by atoms with Crippen LogP contribution in [0.4, 0.5) is 15.8 Å². The standard InChI is InChI=1S/C15H11FN4O3/c16-12-6-1-2-7-13(12)17-9-14-18-15(19-23-14)10-4-3-5-11(8-10)20(21)22/h1-8,17H,9H2. The fraction of sp³-hybridized carbons (Fsp3) is 0.0667. The summed E-state index contributed by atoms with van der Waals surface area (Å²) in [5, 5.41) is 17.4. The van der Waals surface area contributed by atoms with Crippen LogP contribution in [0.1, 0.15) is 5.89 Å². The van der Waals surface area contributed by atoms with Crippen molar-refractivity contribution in [3.05, 3.63) is 70.4 Å². The van der Waals surface area contributed by atoms with Crippen LogP contribution in [-0.4, -0.2) is 15.1 Å². The number of aromatic nitrogens is 2. The van der Waals surface area contributed by atoms with Gasteiger partial charge in [-0.05, 0) is 12.1 Å². The molecule has 0 aliphatic rings. The predicted octanol–water partition coefficient (Wildman–Crippen LogP) is 3.40. The van der Waals surface area contributed by atoms with E-state index < -0.39 is 4.92 Å². The molecule has 1 heterocycles. The molecule has 3 rings (SSSR count). The van der Waals surface area contributed by atoms with E-state index >= 15 is 0 Å². The molecule has 0 aliphatic heterocycles. The molecule has 0 amide bonds. The first-order chi connectivity index (χ1) is 11.1. The van der Waals surface area contributed by atoms with Gasteiger partial charge in [0.2, 0.25) is 11.7 Å². The van der Waals surface area contributed by atoms with Gasteiger partial charge >= 0.3 is 0 Å². The molecule has 0 fully saturated rings. The van der Waals surface area contributed by atoms with Crippen LogP contribution in [-0.2, 0) is 6.54 Å². The average molecular weight is 314 g/mol. The lowest BCUT2D eigenvalue weighted by Gasteiger charge is -2.03. The largest absolute Gasteiger partial charge is 0.374 e. The summed E-state index contributed by atoms with van der Waals surface area (Å²) in [5.74, 6) is 0.0970. The monoisotopic (exact) mass is 314 g/mol. The van der Waals surface area contributed by atoms with Crippen LogP contribution in [0.5, 0.6) is 0 Å². The van der Waals surface area contributed by atoms with Crippen LogP contribution in [0.25, 0.3) is 11.4 Å². The summed E-state index contributed by atoms with van der Waals surface area (Å²) in [5.41, 5.74) is 0.737. The average Bonchev–Trinajstić information content (AvgIpc) is 3.03. The van der Waals surface area contributed by atoms with Crippen molar-refractivity contribution in [2.24, 2.45) is 0 Å². The van der Waals surface area contributed by atoms with Crippen LogP contribution in [0.2, 0.25) is 0 Å². The number of rotatable bonds is 5. The molecule has 1 aromatic heterocycles. The summed E-state index contributed by atoms with van der Waals surface area (Å²) in [6.07, 6.45) is 0. The van der Waals surface area contributed by atoms with Crippen molar-refractivity contribution in [3.8, 4) is 11.4 Å². The molecule has 0 atom stereocenters. The Hall–Kier alpha value is -3.29. The van der Waals surface area contributed by atoms with Gasteiger partial charge in [-0.15, -0.1) is 0 Å². The van der Waals surface area contributed by atoms with Crippen molar-refractivity contribution < 1.29 is 13.8 Å². The lowest BCUT2D eigenvalue weighted by Crippen LogP contribution is -2.01. The van der Waals surface area contributed by atoms with Crippen molar-refractivity contribution in [1.29, 1.82) is 0 Å². The van der Waals surface area contributed by atoms with E-state index in [0.717, 1.165) is 0 Å². The third kappa shape index (κ3) is 3.31. The summed E-state index contributed by atoms with van der Waals surface area (Å²) in [6.45, 7) is 0.142. The number of non-ortho nitro benzene ring substituents is 1. The Kier molecular flexibility index (Phi) is 3.96. The minimum atomic E-state index is -0.496. The number of nitrogens with one attached hydrogen (secondary N) is 1. The van der Waals surface area contributed by atoms with Gasteiger partial charge in [0.15, 0.2) is 0 Å². The van der Waals surface area contributed by atoms with E-state index in [0.29, 0.717) is 11.3 Å². The molecule has 0 saturated heterocycles. The highest BCUT2D eigenvalue weighted by Gasteiger charge is 2.12. The Morgan fingerprint density at radius 1 is 1.22 bits per heavy atom. The van der Waals surface area contributed by atoms with Gasteiger partial charge in [0.25, 0.3) is 5.69 Å². The van der Waals surface area contributed by atoms with Crippen molar-refractivity contribution in [2.75, 3.05) is 5.32 Å². The number of halogens is 1. The number of para-hydroxylation sites is 1. The first-order valence-corrected chi connectivity index (χ1v) is 6.69. The summed E-state index contributed by atoms with van der Waals surface area (Å²) < 4.78 is 18.6. The summed E-state index contributed by atoms with van der Waals surface area (Å²) in [7, 11) is 0. The summed E-state index contributed by atoms with van der Waals surface area (Å²) in [6, 6.07) is 12.1. The Bertz CT molecular complexity index is 850. The third-order valence-corrected chi connectivity index (χ3v) is 3.09. The number of hydrogen-bond donors (Lipinski definition) is 1. The number of nitro benzene ring substituents is 1. The molecule has 1 N–H and O–H groups in total. The zero-order valence-corrected chi connectivity index (χ0v) is 11.8. The Morgan fingerprint density at radius 2 is 2.04 bits per heavy atom. The summed E-state index contributed by atoms with van der Waals surface area (Å²) >= 11 is 0. The van der Waals surface area contributed by atoms with E-state index in [9.17, 15) is 14.5 Å². The van der Waals surface area contributed by atoms with Gasteiger partial charge in [0, 0.05) is 17.7 Å². The number of hydrogen-bond acceptors (Lipinski definition) is 6. The van der Waals surface area contributed by atoms with Gasteiger partial charge in [-0.1, -0.05) is 29.4 Å². The fourth-order valence-electron chi connectivity index (χ4n) is 1.98. The van der Waals surface area contributed by atoms with Gasteiger partial charge in [-0.2, -0.15) is 4.98 Å². The maximum atomic E-state index is 13.5. The van der Waals surface area contributed by atoms with Crippen LogP contribution in [0.15, 0.2) is 53.1 Å². The van der Waals surface area contributed by atoms with Gasteiger partial charge in [-0.3, -0.25) is 10.1 Å². The smallest absolute Gasteiger partial charge is 0.270 e. The first kappa shape index (κ1) is 14.6. The highest BCUT2D eigenvalue weighted by Crippen LogP contribution is 2.21. The van der Waals surface area contributed by atoms with E-state index in [-0.39, 0.29) is 29.8 Å². The topological polar surface area (TPSA) is 94.1 Å². The van der Waals surface area contributed by atoms with E-state index in [1.807, 2.05) is 0 Å². The van der Waals surface area contributed by atoms with Crippen LogP contribution in [0.3, 0.4) is 0 Å². The quantitative estimate of drug-likeness (QED) is 0.573. The predicted molar refractivity (Wildman–Crippen MR) is 80.1 cm³/mol. The molecule has 0 unspecified atom stereocenters. The van der Waals surface area contributed by atoms with Crippen LogP contribution >= 0.6 is 0 Å². The van der Waals surface area contributed by atoms with E-state index in [1.165, 1.54) is 18.2 Å². The maximum Gasteiger partial charge on any atom is 0.270 e. The zero-order chi connectivity index (χ0) is 16.2. The van der Waals surface area contributed by atoms with Gasteiger partial charge < -0.3 is 9.84 Å². The number of nitro groups is 1. The molecule has 23 heavy (non-hydrogen) atoms.